The van der Waals surface area contributed by atoms with Crippen LogP contribution in [0.15, 0.2) is 24.3 Å². The van der Waals surface area contributed by atoms with E-state index in [9.17, 15) is 10.1 Å². The quantitative estimate of drug-likeness (QED) is 0.681. The second-order valence-electron chi connectivity index (χ2n) is 7.18. The molecular formula is C17H26N2O2. The first-order valence-electron chi connectivity index (χ1n) is 7.72. The lowest BCUT2D eigenvalue weighted by Crippen LogP contribution is -2.40. The van der Waals surface area contributed by atoms with Crippen LogP contribution in [0.1, 0.15) is 51.3 Å². The van der Waals surface area contributed by atoms with E-state index in [1.165, 1.54) is 0 Å². The lowest BCUT2D eigenvalue weighted by molar-refractivity contribution is -0.535. The largest absolute Gasteiger partial charge is 0.301 e. The summed E-state index contributed by atoms with van der Waals surface area (Å²) in [5.74, 6) is 0.0297. The van der Waals surface area contributed by atoms with E-state index >= 15 is 0 Å². The lowest BCUT2D eigenvalue weighted by atomic mass is 9.72. The summed E-state index contributed by atoms with van der Waals surface area (Å²) >= 11 is 0. The molecule has 4 atom stereocenters. The summed E-state index contributed by atoms with van der Waals surface area (Å²) in [4.78, 5) is 11.7. The molecule has 0 amide bonds. The Morgan fingerprint density at radius 3 is 2.38 bits per heavy atom. The zero-order valence-electron chi connectivity index (χ0n) is 13.6. The van der Waals surface area contributed by atoms with E-state index in [1.54, 1.807) is 0 Å². The van der Waals surface area contributed by atoms with E-state index < -0.39 is 6.04 Å². The molecule has 0 spiro atoms. The third kappa shape index (κ3) is 2.95. The van der Waals surface area contributed by atoms with Crippen molar-refractivity contribution in [3.05, 3.63) is 45.5 Å². The Bertz CT molecular complexity index is 522. The number of nitro groups is 1. The molecule has 4 nitrogen and oxygen atoms in total. The summed E-state index contributed by atoms with van der Waals surface area (Å²) in [6.07, 6.45) is 0.911. The summed E-state index contributed by atoms with van der Waals surface area (Å²) in [6.45, 7) is 10.5. The van der Waals surface area contributed by atoms with Crippen molar-refractivity contribution in [2.45, 2.75) is 59.2 Å². The number of hydrogen-bond acceptors (Lipinski definition) is 3. The van der Waals surface area contributed by atoms with Crippen LogP contribution in [0, 0.1) is 28.4 Å². The van der Waals surface area contributed by atoms with Crippen molar-refractivity contribution in [1.82, 2.24) is 5.32 Å². The minimum atomic E-state index is -0.573. The van der Waals surface area contributed by atoms with Crippen molar-refractivity contribution in [3.8, 4) is 0 Å². The lowest BCUT2D eigenvalue weighted by Gasteiger charge is -2.32. The Balaban J connectivity index is 2.48. The van der Waals surface area contributed by atoms with Gasteiger partial charge in [0.1, 0.15) is 6.04 Å². The molecule has 1 N–H and O–H groups in total. The molecule has 4 unspecified atom stereocenters. The molecule has 1 aromatic carbocycles. The Hall–Kier alpha value is -1.42. The van der Waals surface area contributed by atoms with Crippen LogP contribution in [0.5, 0.6) is 0 Å². The van der Waals surface area contributed by atoms with Gasteiger partial charge in [0.2, 0.25) is 6.04 Å². The highest BCUT2D eigenvalue weighted by Crippen LogP contribution is 2.44. The fraction of sp³-hybridized carbons (Fsp3) is 0.647. The second-order valence-corrected chi connectivity index (χ2v) is 7.18. The molecule has 0 aliphatic carbocycles. The standard InChI is InChI=1S/C17H26N2O2/c1-6-13-14(17(3,4)5)16(19(20)21)15(18-13)12-10-8-7-9-11(12)2/h7-10,13-16,18H,6H2,1-5H3. The molecule has 1 aliphatic rings. The van der Waals surface area contributed by atoms with Gasteiger partial charge in [0, 0.05) is 16.9 Å². The van der Waals surface area contributed by atoms with E-state index in [2.05, 4.69) is 33.0 Å². The maximum atomic E-state index is 11.8. The van der Waals surface area contributed by atoms with Crippen molar-refractivity contribution in [2.75, 3.05) is 0 Å². The Labute approximate surface area is 127 Å². The third-order valence-electron chi connectivity index (χ3n) is 4.74. The van der Waals surface area contributed by atoms with Crippen LogP contribution in [-0.2, 0) is 0 Å². The molecule has 1 fully saturated rings. The van der Waals surface area contributed by atoms with Crippen LogP contribution in [-0.4, -0.2) is 17.0 Å². The van der Waals surface area contributed by atoms with Crippen LogP contribution in [0.3, 0.4) is 0 Å². The molecule has 1 heterocycles. The predicted molar refractivity (Wildman–Crippen MR) is 84.9 cm³/mol. The average Bonchev–Trinajstić information content (AvgIpc) is 2.78. The van der Waals surface area contributed by atoms with E-state index in [4.69, 9.17) is 0 Å². The van der Waals surface area contributed by atoms with Gasteiger partial charge in [-0.05, 0) is 29.9 Å². The minimum absolute atomic E-state index is 0.0297. The fourth-order valence-corrected chi connectivity index (χ4v) is 3.83. The first-order chi connectivity index (χ1) is 9.77. The van der Waals surface area contributed by atoms with Crippen molar-refractivity contribution >= 4 is 0 Å². The van der Waals surface area contributed by atoms with Crippen LogP contribution >= 0.6 is 0 Å². The number of aryl methyl sites for hydroxylation is 1. The Morgan fingerprint density at radius 2 is 1.90 bits per heavy atom. The molecule has 1 aliphatic heterocycles. The van der Waals surface area contributed by atoms with E-state index in [0.717, 1.165) is 17.5 Å². The predicted octanol–water partition coefficient (Wildman–Crippen LogP) is 3.73. The summed E-state index contributed by atoms with van der Waals surface area (Å²) < 4.78 is 0. The molecule has 1 aromatic rings. The summed E-state index contributed by atoms with van der Waals surface area (Å²) in [7, 11) is 0. The van der Waals surface area contributed by atoms with Crippen LogP contribution in [0.4, 0.5) is 0 Å². The van der Waals surface area contributed by atoms with Gasteiger partial charge in [0.25, 0.3) is 0 Å². The zero-order valence-corrected chi connectivity index (χ0v) is 13.6. The maximum absolute atomic E-state index is 11.8. The summed E-state index contributed by atoms with van der Waals surface area (Å²) in [5, 5.41) is 15.3. The zero-order chi connectivity index (χ0) is 15.8. The van der Waals surface area contributed by atoms with E-state index in [0.29, 0.717) is 0 Å². The van der Waals surface area contributed by atoms with Gasteiger partial charge in [0.15, 0.2) is 0 Å². The Morgan fingerprint density at radius 1 is 1.29 bits per heavy atom. The molecule has 4 heteroatoms. The second kappa shape index (κ2) is 5.76. The van der Waals surface area contributed by atoms with Gasteiger partial charge in [-0.15, -0.1) is 0 Å². The molecule has 1 saturated heterocycles. The van der Waals surface area contributed by atoms with Gasteiger partial charge in [-0.1, -0.05) is 52.0 Å². The van der Waals surface area contributed by atoms with Crippen molar-refractivity contribution < 1.29 is 4.92 Å². The number of rotatable bonds is 3. The number of nitrogens with one attached hydrogen (secondary N) is 1. The number of nitrogens with zero attached hydrogens (tertiary/aromatic N) is 1. The molecular weight excluding hydrogens is 264 g/mol. The van der Waals surface area contributed by atoms with Gasteiger partial charge in [-0.25, -0.2) is 0 Å². The summed E-state index contributed by atoms with van der Waals surface area (Å²) in [6, 6.07) is 7.40. The van der Waals surface area contributed by atoms with E-state index in [-0.39, 0.29) is 28.3 Å². The van der Waals surface area contributed by atoms with Gasteiger partial charge < -0.3 is 5.32 Å². The van der Waals surface area contributed by atoms with Gasteiger partial charge in [-0.2, -0.15) is 0 Å². The Kier molecular flexibility index (Phi) is 4.38. The third-order valence-corrected chi connectivity index (χ3v) is 4.74. The minimum Gasteiger partial charge on any atom is -0.301 e. The number of hydrogen-bond donors (Lipinski definition) is 1. The van der Waals surface area contributed by atoms with Crippen molar-refractivity contribution in [3.63, 3.8) is 0 Å². The topological polar surface area (TPSA) is 55.2 Å². The number of benzene rings is 1. The highest BCUT2D eigenvalue weighted by Gasteiger charge is 2.54. The normalized spacial score (nSPS) is 29.6. The molecule has 116 valence electrons. The highest BCUT2D eigenvalue weighted by atomic mass is 16.6. The van der Waals surface area contributed by atoms with Crippen molar-refractivity contribution in [1.29, 1.82) is 0 Å². The first-order valence-corrected chi connectivity index (χ1v) is 7.72. The van der Waals surface area contributed by atoms with Gasteiger partial charge >= 0.3 is 0 Å². The average molecular weight is 290 g/mol. The van der Waals surface area contributed by atoms with Crippen LogP contribution in [0.25, 0.3) is 0 Å². The SMILES string of the molecule is CCC1NC(c2ccccc2C)C([N+](=O)[O-])C1C(C)(C)C. The van der Waals surface area contributed by atoms with Crippen molar-refractivity contribution in [2.24, 2.45) is 11.3 Å². The van der Waals surface area contributed by atoms with Crippen LogP contribution in [0.2, 0.25) is 0 Å². The monoisotopic (exact) mass is 290 g/mol. The van der Waals surface area contributed by atoms with Gasteiger partial charge in [-0.3, -0.25) is 10.1 Å². The van der Waals surface area contributed by atoms with E-state index in [1.807, 2.05) is 31.2 Å². The van der Waals surface area contributed by atoms with Crippen LogP contribution < -0.4 is 5.32 Å². The molecule has 2 rings (SSSR count). The molecule has 0 aromatic heterocycles. The smallest absolute Gasteiger partial charge is 0.237 e. The molecule has 0 radical (unpaired) electrons. The molecule has 0 bridgehead atoms. The fourth-order valence-electron chi connectivity index (χ4n) is 3.83. The first kappa shape index (κ1) is 16.0. The van der Waals surface area contributed by atoms with Gasteiger partial charge in [0.05, 0.1) is 0 Å². The summed E-state index contributed by atoms with van der Waals surface area (Å²) in [5.41, 5.74) is 2.08. The molecule has 0 saturated carbocycles. The highest BCUT2D eigenvalue weighted by molar-refractivity contribution is 5.31. The maximum Gasteiger partial charge on any atom is 0.237 e. The molecule has 21 heavy (non-hydrogen) atoms.